The van der Waals surface area contributed by atoms with E-state index in [0.29, 0.717) is 18.9 Å². The van der Waals surface area contributed by atoms with E-state index in [4.69, 9.17) is 9.16 Å². The number of carbonyl (C=O) groups is 1. The normalized spacial score (nSPS) is 22.9. The van der Waals surface area contributed by atoms with Crippen molar-refractivity contribution in [2.24, 2.45) is 5.92 Å². The van der Waals surface area contributed by atoms with E-state index in [9.17, 15) is 4.79 Å². The summed E-state index contributed by atoms with van der Waals surface area (Å²) < 4.78 is 12.0. The van der Waals surface area contributed by atoms with Gasteiger partial charge >= 0.3 is 0 Å². The molecule has 1 saturated heterocycles. The standard InChI is InChI=1S/C22H37NO3Si/c1-7-8-12-19-15-21(24)23(22(19)17(2)26-27(4,5)6)20(16-25-3)18-13-10-9-11-14-18/h9-11,13-14,17,19-20,22H,7-8,12,15-16H2,1-6H3/t17-,19-,20+,22+/m1/s1. The van der Waals surface area contributed by atoms with E-state index in [1.165, 1.54) is 0 Å². The van der Waals surface area contributed by atoms with Gasteiger partial charge in [0.2, 0.25) is 5.91 Å². The molecule has 2 rings (SSSR count). The van der Waals surface area contributed by atoms with Gasteiger partial charge in [-0.1, -0.05) is 50.1 Å². The Labute approximate surface area is 166 Å². The van der Waals surface area contributed by atoms with Gasteiger partial charge in [0, 0.05) is 13.5 Å². The van der Waals surface area contributed by atoms with Gasteiger partial charge in [-0.3, -0.25) is 4.79 Å². The Balaban J connectivity index is 2.37. The number of amides is 1. The van der Waals surface area contributed by atoms with Crippen LogP contribution in [0.1, 0.15) is 51.1 Å². The summed E-state index contributed by atoms with van der Waals surface area (Å²) in [7, 11) is 0.00831. The molecule has 1 fully saturated rings. The van der Waals surface area contributed by atoms with E-state index in [0.717, 1.165) is 24.8 Å². The SMILES string of the molecule is CCCC[C@@H]1CC(=O)N([C@@H](COC)c2ccccc2)[C@H]1[C@@H](C)O[Si](C)(C)C. The fourth-order valence-electron chi connectivity index (χ4n) is 4.37. The summed E-state index contributed by atoms with van der Waals surface area (Å²) in [6.45, 7) is 11.5. The molecule has 1 heterocycles. The van der Waals surface area contributed by atoms with Gasteiger partial charge in [0.15, 0.2) is 8.32 Å². The second kappa shape index (κ2) is 9.85. The van der Waals surface area contributed by atoms with Gasteiger partial charge < -0.3 is 14.1 Å². The molecule has 1 aromatic rings. The molecule has 27 heavy (non-hydrogen) atoms. The highest BCUT2D eigenvalue weighted by atomic mass is 28.4. The lowest BCUT2D eigenvalue weighted by atomic mass is 9.90. The number of hydrogen-bond acceptors (Lipinski definition) is 3. The van der Waals surface area contributed by atoms with Crippen LogP contribution < -0.4 is 0 Å². The second-order valence-electron chi connectivity index (χ2n) is 8.72. The summed E-state index contributed by atoms with van der Waals surface area (Å²) in [6.07, 6.45) is 4.05. The minimum Gasteiger partial charge on any atom is -0.413 e. The first-order valence-electron chi connectivity index (χ1n) is 10.3. The van der Waals surface area contributed by atoms with Crippen LogP contribution in [-0.2, 0) is 14.0 Å². The molecule has 0 aromatic heterocycles. The smallest absolute Gasteiger partial charge is 0.223 e. The van der Waals surface area contributed by atoms with Crippen LogP contribution in [0.25, 0.3) is 0 Å². The van der Waals surface area contributed by atoms with Crippen molar-refractivity contribution in [2.45, 2.75) is 77.4 Å². The third-order valence-electron chi connectivity index (χ3n) is 5.32. The van der Waals surface area contributed by atoms with Gasteiger partial charge in [-0.15, -0.1) is 0 Å². The molecule has 0 aliphatic carbocycles. The van der Waals surface area contributed by atoms with Crippen molar-refractivity contribution in [1.82, 2.24) is 4.90 Å². The lowest BCUT2D eigenvalue weighted by molar-refractivity contribution is -0.134. The molecule has 4 atom stereocenters. The van der Waals surface area contributed by atoms with Crippen molar-refractivity contribution < 1.29 is 14.0 Å². The molecule has 0 unspecified atom stereocenters. The van der Waals surface area contributed by atoms with E-state index >= 15 is 0 Å². The number of methoxy groups -OCH3 is 1. The van der Waals surface area contributed by atoms with Crippen LogP contribution in [0, 0.1) is 5.92 Å². The van der Waals surface area contributed by atoms with Crippen LogP contribution in [0.15, 0.2) is 30.3 Å². The number of unbranched alkanes of at least 4 members (excludes halogenated alkanes) is 1. The summed E-state index contributed by atoms with van der Waals surface area (Å²) in [5.41, 5.74) is 1.13. The Bertz CT molecular complexity index is 587. The maximum absolute atomic E-state index is 13.1. The monoisotopic (exact) mass is 391 g/mol. The van der Waals surface area contributed by atoms with Crippen LogP contribution in [0.5, 0.6) is 0 Å². The van der Waals surface area contributed by atoms with Gasteiger partial charge in [0.25, 0.3) is 0 Å². The quantitative estimate of drug-likeness (QED) is 0.526. The van der Waals surface area contributed by atoms with Gasteiger partial charge in [-0.2, -0.15) is 0 Å². The second-order valence-corrected chi connectivity index (χ2v) is 13.2. The van der Waals surface area contributed by atoms with Crippen LogP contribution in [-0.4, -0.2) is 45.0 Å². The van der Waals surface area contributed by atoms with Gasteiger partial charge in [-0.25, -0.2) is 0 Å². The topological polar surface area (TPSA) is 38.8 Å². The summed E-state index contributed by atoms with van der Waals surface area (Å²) in [5.74, 6) is 0.588. The number of likely N-dealkylation sites (tertiary alicyclic amines) is 1. The first kappa shape index (κ1) is 22.1. The highest BCUT2D eigenvalue weighted by Gasteiger charge is 2.46. The Kier molecular flexibility index (Phi) is 8.07. The zero-order chi connectivity index (χ0) is 20.0. The van der Waals surface area contributed by atoms with Crippen LogP contribution >= 0.6 is 0 Å². The highest BCUT2D eigenvalue weighted by Crippen LogP contribution is 2.39. The lowest BCUT2D eigenvalue weighted by Crippen LogP contribution is -2.49. The fraction of sp³-hybridized carbons (Fsp3) is 0.682. The third-order valence-corrected chi connectivity index (χ3v) is 6.40. The predicted molar refractivity (Wildman–Crippen MR) is 113 cm³/mol. The van der Waals surface area contributed by atoms with Crippen LogP contribution in [0.2, 0.25) is 19.6 Å². The molecule has 0 N–H and O–H groups in total. The maximum atomic E-state index is 13.1. The molecule has 0 spiro atoms. The maximum Gasteiger partial charge on any atom is 0.223 e. The van der Waals surface area contributed by atoms with Crippen molar-refractivity contribution >= 4 is 14.2 Å². The number of ether oxygens (including phenoxy) is 1. The van der Waals surface area contributed by atoms with Crippen molar-refractivity contribution in [1.29, 1.82) is 0 Å². The molecule has 1 aromatic carbocycles. The molecular formula is C22H37NO3Si. The summed E-state index contributed by atoms with van der Waals surface area (Å²) in [6, 6.07) is 10.3. The van der Waals surface area contributed by atoms with E-state index in [-0.39, 0.29) is 24.1 Å². The average Bonchev–Trinajstić information content (AvgIpc) is 2.93. The minimum absolute atomic E-state index is 0.0352. The molecule has 0 saturated carbocycles. The zero-order valence-corrected chi connectivity index (χ0v) is 18.9. The molecule has 4 nitrogen and oxygen atoms in total. The molecule has 1 aliphatic heterocycles. The number of rotatable bonds is 10. The Morgan fingerprint density at radius 1 is 1.22 bits per heavy atom. The van der Waals surface area contributed by atoms with Gasteiger partial charge in [-0.05, 0) is 44.5 Å². The van der Waals surface area contributed by atoms with E-state index in [1.54, 1.807) is 7.11 Å². The minimum atomic E-state index is -1.70. The van der Waals surface area contributed by atoms with E-state index in [2.05, 4.69) is 50.5 Å². The van der Waals surface area contributed by atoms with Crippen molar-refractivity contribution in [3.63, 3.8) is 0 Å². The molecule has 1 amide bonds. The predicted octanol–water partition coefficient (Wildman–Crippen LogP) is 5.02. The highest BCUT2D eigenvalue weighted by molar-refractivity contribution is 6.69. The summed E-state index contributed by atoms with van der Waals surface area (Å²) in [5, 5.41) is 0. The average molecular weight is 392 g/mol. The Morgan fingerprint density at radius 2 is 1.89 bits per heavy atom. The molecular weight excluding hydrogens is 354 g/mol. The first-order chi connectivity index (χ1) is 12.8. The van der Waals surface area contributed by atoms with Gasteiger partial charge in [0.05, 0.1) is 24.8 Å². The largest absolute Gasteiger partial charge is 0.413 e. The number of carbonyl (C=O) groups excluding carboxylic acids is 1. The molecule has 0 radical (unpaired) electrons. The summed E-state index contributed by atoms with van der Waals surface area (Å²) in [4.78, 5) is 15.2. The van der Waals surface area contributed by atoms with Crippen molar-refractivity contribution in [3.05, 3.63) is 35.9 Å². The van der Waals surface area contributed by atoms with Crippen molar-refractivity contribution in [3.8, 4) is 0 Å². The zero-order valence-electron chi connectivity index (χ0n) is 17.9. The summed E-state index contributed by atoms with van der Waals surface area (Å²) >= 11 is 0. The number of hydrogen-bond donors (Lipinski definition) is 0. The lowest BCUT2D eigenvalue weighted by Gasteiger charge is -2.40. The molecule has 5 heteroatoms. The molecule has 0 bridgehead atoms. The first-order valence-corrected chi connectivity index (χ1v) is 13.7. The molecule has 1 aliphatic rings. The van der Waals surface area contributed by atoms with Gasteiger partial charge in [0.1, 0.15) is 0 Å². The third kappa shape index (κ3) is 5.90. The fourth-order valence-corrected chi connectivity index (χ4v) is 5.63. The van der Waals surface area contributed by atoms with E-state index in [1.807, 2.05) is 18.2 Å². The molecule has 152 valence electrons. The van der Waals surface area contributed by atoms with E-state index < -0.39 is 8.32 Å². The number of benzene rings is 1. The Hall–Kier alpha value is -1.17. The number of nitrogens with zero attached hydrogens (tertiary/aromatic N) is 1. The van der Waals surface area contributed by atoms with Crippen LogP contribution in [0.4, 0.5) is 0 Å². The Morgan fingerprint density at radius 3 is 2.44 bits per heavy atom. The van der Waals surface area contributed by atoms with Crippen LogP contribution in [0.3, 0.4) is 0 Å². The van der Waals surface area contributed by atoms with Crippen molar-refractivity contribution in [2.75, 3.05) is 13.7 Å².